The Balaban J connectivity index is 1.76. The van der Waals surface area contributed by atoms with Gasteiger partial charge < -0.3 is 19.7 Å². The van der Waals surface area contributed by atoms with Gasteiger partial charge in [-0.25, -0.2) is 4.79 Å². The van der Waals surface area contributed by atoms with Crippen molar-refractivity contribution in [1.29, 1.82) is 0 Å². The Bertz CT molecular complexity index is 808. The van der Waals surface area contributed by atoms with Crippen LogP contribution in [0.4, 0.5) is 4.79 Å². The van der Waals surface area contributed by atoms with Crippen molar-refractivity contribution in [3.8, 4) is 5.75 Å². The van der Waals surface area contributed by atoms with Gasteiger partial charge in [0.1, 0.15) is 12.3 Å². The van der Waals surface area contributed by atoms with Crippen LogP contribution < -0.4 is 10.1 Å². The fourth-order valence-electron chi connectivity index (χ4n) is 3.29. The third-order valence-electron chi connectivity index (χ3n) is 4.64. The van der Waals surface area contributed by atoms with Gasteiger partial charge in [0.15, 0.2) is 11.6 Å². The molecular weight excluding hydrogens is 354 g/mol. The number of fused-ring (bicyclic) bond motifs is 2. The molecule has 1 aromatic carbocycles. The fourth-order valence-corrected chi connectivity index (χ4v) is 3.29. The standard InChI is InChI=1S/C18H21N3O6/c1-11(15(23)20(2)3)27-14(22)10-21-16(24)18(19-17(21)25)8-9-26-13-7-5-4-6-12(13)18/h4-7,11H,8-10H2,1-3H3,(H,19,25)/t11-,18-/m1/s1. The molecule has 1 aromatic rings. The third-order valence-corrected chi connectivity index (χ3v) is 4.64. The van der Waals surface area contributed by atoms with Crippen LogP contribution in [0, 0.1) is 0 Å². The molecule has 0 aromatic heterocycles. The molecule has 0 bridgehead atoms. The number of amides is 4. The second-order valence-electron chi connectivity index (χ2n) is 6.69. The zero-order valence-electron chi connectivity index (χ0n) is 15.4. The number of carbonyl (C=O) groups excluding carboxylic acids is 4. The number of benzene rings is 1. The van der Waals surface area contributed by atoms with Gasteiger partial charge in [-0.05, 0) is 13.0 Å². The van der Waals surface area contributed by atoms with Crippen molar-refractivity contribution >= 4 is 23.8 Å². The van der Waals surface area contributed by atoms with Crippen LogP contribution in [0.15, 0.2) is 24.3 Å². The summed E-state index contributed by atoms with van der Waals surface area (Å²) in [5, 5.41) is 2.70. The highest BCUT2D eigenvalue weighted by Crippen LogP contribution is 2.40. The van der Waals surface area contributed by atoms with Crippen LogP contribution in [-0.2, 0) is 24.7 Å². The van der Waals surface area contributed by atoms with Gasteiger partial charge in [0.2, 0.25) is 0 Å². The minimum atomic E-state index is -1.25. The molecule has 1 saturated heterocycles. The van der Waals surface area contributed by atoms with E-state index in [1.807, 2.05) is 0 Å². The molecule has 27 heavy (non-hydrogen) atoms. The third kappa shape index (κ3) is 3.20. The van der Waals surface area contributed by atoms with Crippen molar-refractivity contribution in [1.82, 2.24) is 15.1 Å². The lowest BCUT2D eigenvalue weighted by atomic mass is 9.84. The summed E-state index contributed by atoms with van der Waals surface area (Å²) in [5.74, 6) is -1.24. The van der Waals surface area contributed by atoms with Gasteiger partial charge >= 0.3 is 12.0 Å². The van der Waals surface area contributed by atoms with Crippen LogP contribution in [0.25, 0.3) is 0 Å². The number of hydrogen-bond donors (Lipinski definition) is 1. The number of carbonyl (C=O) groups is 4. The molecule has 2 heterocycles. The largest absolute Gasteiger partial charge is 0.493 e. The summed E-state index contributed by atoms with van der Waals surface area (Å²) >= 11 is 0. The highest BCUT2D eigenvalue weighted by atomic mass is 16.5. The first-order valence-corrected chi connectivity index (χ1v) is 8.53. The van der Waals surface area contributed by atoms with Gasteiger partial charge in [-0.1, -0.05) is 18.2 Å². The fraction of sp³-hybridized carbons (Fsp3) is 0.444. The molecule has 1 N–H and O–H groups in total. The highest BCUT2D eigenvalue weighted by molar-refractivity contribution is 6.09. The molecule has 2 atom stereocenters. The van der Waals surface area contributed by atoms with Crippen LogP contribution in [0.1, 0.15) is 18.9 Å². The Kier molecular flexibility index (Phi) is 4.77. The van der Waals surface area contributed by atoms with Crippen molar-refractivity contribution in [2.45, 2.75) is 25.0 Å². The predicted molar refractivity (Wildman–Crippen MR) is 92.7 cm³/mol. The van der Waals surface area contributed by atoms with E-state index >= 15 is 0 Å². The molecule has 4 amide bonds. The number of hydrogen-bond acceptors (Lipinski definition) is 6. The van der Waals surface area contributed by atoms with Crippen molar-refractivity contribution < 1.29 is 28.7 Å². The van der Waals surface area contributed by atoms with E-state index in [0.29, 0.717) is 11.3 Å². The SMILES string of the molecule is C[C@@H](OC(=O)CN1C(=O)N[C@@]2(CCOc3ccccc32)C1=O)C(=O)N(C)C. The van der Waals surface area contributed by atoms with Crippen molar-refractivity contribution in [2.75, 3.05) is 27.2 Å². The quantitative estimate of drug-likeness (QED) is 0.597. The summed E-state index contributed by atoms with van der Waals surface area (Å²) in [5.41, 5.74) is -0.696. The van der Waals surface area contributed by atoms with Crippen LogP contribution in [-0.4, -0.2) is 67.0 Å². The van der Waals surface area contributed by atoms with E-state index in [-0.39, 0.29) is 13.0 Å². The van der Waals surface area contributed by atoms with E-state index in [9.17, 15) is 19.2 Å². The van der Waals surface area contributed by atoms with Gasteiger partial charge in [-0.3, -0.25) is 19.3 Å². The summed E-state index contributed by atoms with van der Waals surface area (Å²) in [4.78, 5) is 51.5. The molecular formula is C18H21N3O6. The van der Waals surface area contributed by atoms with Crippen LogP contribution in [0.5, 0.6) is 5.75 Å². The number of esters is 1. The van der Waals surface area contributed by atoms with Crippen molar-refractivity contribution in [3.63, 3.8) is 0 Å². The van der Waals surface area contributed by atoms with Crippen LogP contribution in [0.3, 0.4) is 0 Å². The van der Waals surface area contributed by atoms with Gasteiger partial charge in [-0.2, -0.15) is 0 Å². The first-order chi connectivity index (χ1) is 12.8. The number of imide groups is 1. The summed E-state index contributed by atoms with van der Waals surface area (Å²) in [6, 6.07) is 6.28. The molecule has 2 aliphatic heterocycles. The molecule has 3 rings (SSSR count). The van der Waals surface area contributed by atoms with E-state index in [1.54, 1.807) is 24.3 Å². The van der Waals surface area contributed by atoms with E-state index in [2.05, 4.69) is 5.32 Å². The lowest BCUT2D eigenvalue weighted by molar-refractivity contribution is -0.159. The molecule has 9 heteroatoms. The summed E-state index contributed by atoms with van der Waals surface area (Å²) in [7, 11) is 3.08. The topological polar surface area (TPSA) is 105 Å². The van der Waals surface area contributed by atoms with Gasteiger partial charge in [0, 0.05) is 26.1 Å². The minimum Gasteiger partial charge on any atom is -0.493 e. The molecule has 0 radical (unpaired) electrons. The maximum absolute atomic E-state index is 13.0. The zero-order valence-corrected chi connectivity index (χ0v) is 15.4. The molecule has 2 aliphatic rings. The van der Waals surface area contributed by atoms with Gasteiger partial charge in [0.05, 0.1) is 6.61 Å². The summed E-state index contributed by atoms with van der Waals surface area (Å²) in [6.07, 6.45) is -0.749. The average molecular weight is 375 g/mol. The van der Waals surface area contributed by atoms with Crippen LogP contribution in [0.2, 0.25) is 0 Å². The molecule has 0 unspecified atom stereocenters. The Morgan fingerprint density at radius 3 is 2.74 bits per heavy atom. The number of para-hydroxylation sites is 1. The van der Waals surface area contributed by atoms with E-state index in [1.165, 1.54) is 25.9 Å². The van der Waals surface area contributed by atoms with Crippen LogP contribution >= 0.6 is 0 Å². The number of nitrogens with one attached hydrogen (secondary N) is 1. The molecule has 0 aliphatic carbocycles. The number of ether oxygens (including phenoxy) is 2. The lowest BCUT2D eigenvalue weighted by Crippen LogP contribution is -2.48. The Morgan fingerprint density at radius 2 is 2.04 bits per heavy atom. The normalized spacial score (nSPS) is 22.0. The number of urea groups is 1. The number of likely N-dealkylation sites (N-methyl/N-ethyl adjacent to an activating group) is 1. The molecule has 1 fully saturated rings. The Labute approximate surface area is 156 Å². The van der Waals surface area contributed by atoms with E-state index in [4.69, 9.17) is 9.47 Å². The number of rotatable bonds is 4. The number of nitrogens with zero attached hydrogens (tertiary/aromatic N) is 2. The van der Waals surface area contributed by atoms with E-state index < -0.39 is 42.0 Å². The van der Waals surface area contributed by atoms with Crippen molar-refractivity contribution in [3.05, 3.63) is 29.8 Å². The summed E-state index contributed by atoms with van der Waals surface area (Å²) in [6.45, 7) is 1.12. The zero-order chi connectivity index (χ0) is 19.8. The van der Waals surface area contributed by atoms with Crippen molar-refractivity contribution in [2.24, 2.45) is 0 Å². The van der Waals surface area contributed by atoms with Gasteiger partial charge in [0.25, 0.3) is 11.8 Å². The Hall–Kier alpha value is -3.10. The predicted octanol–water partition coefficient (Wildman–Crippen LogP) is 0.236. The molecule has 9 nitrogen and oxygen atoms in total. The molecule has 1 spiro atoms. The molecule has 144 valence electrons. The molecule has 0 saturated carbocycles. The maximum Gasteiger partial charge on any atom is 0.327 e. The monoisotopic (exact) mass is 375 g/mol. The second-order valence-corrected chi connectivity index (χ2v) is 6.69. The van der Waals surface area contributed by atoms with E-state index in [0.717, 1.165) is 4.90 Å². The lowest BCUT2D eigenvalue weighted by Gasteiger charge is -2.33. The summed E-state index contributed by atoms with van der Waals surface area (Å²) < 4.78 is 10.6. The maximum atomic E-state index is 13.0. The Morgan fingerprint density at radius 1 is 1.33 bits per heavy atom. The average Bonchev–Trinajstić information content (AvgIpc) is 2.86. The minimum absolute atomic E-state index is 0.260. The smallest absolute Gasteiger partial charge is 0.327 e. The van der Waals surface area contributed by atoms with Gasteiger partial charge in [-0.15, -0.1) is 0 Å². The first-order valence-electron chi connectivity index (χ1n) is 8.53. The highest BCUT2D eigenvalue weighted by Gasteiger charge is 2.55. The first kappa shape index (κ1) is 18.7. The second kappa shape index (κ2) is 6.90.